The molecule has 2 aromatic rings. The maximum absolute atomic E-state index is 14.1. The second kappa shape index (κ2) is 14.8. The zero-order valence-corrected chi connectivity index (χ0v) is 26.7. The van der Waals surface area contributed by atoms with Gasteiger partial charge in [-0.25, -0.2) is 4.79 Å². The molecular weight excluding hydrogens is 566 g/mol. The molecule has 0 saturated heterocycles. The van der Waals surface area contributed by atoms with Gasteiger partial charge in [-0.3, -0.25) is 9.59 Å². The molecule has 0 bridgehead atoms. The number of aromatic hydroxyl groups is 2. The molecule has 3 amide bonds. The van der Waals surface area contributed by atoms with E-state index in [-0.39, 0.29) is 36.3 Å². The van der Waals surface area contributed by atoms with Crippen LogP contribution in [0.5, 0.6) is 11.5 Å². The molecule has 1 aliphatic rings. The van der Waals surface area contributed by atoms with Crippen LogP contribution in [0.2, 0.25) is 0 Å². The first-order chi connectivity index (χ1) is 20.6. The molecule has 0 heterocycles. The quantitative estimate of drug-likeness (QED) is 0.176. The van der Waals surface area contributed by atoms with Gasteiger partial charge in [0, 0.05) is 27.1 Å². The van der Waals surface area contributed by atoms with Crippen LogP contribution in [0.15, 0.2) is 42.5 Å². The minimum Gasteiger partial charge on any atom is -0.504 e. The van der Waals surface area contributed by atoms with Gasteiger partial charge in [0.15, 0.2) is 17.8 Å². The van der Waals surface area contributed by atoms with Crippen molar-refractivity contribution in [3.8, 4) is 11.5 Å². The fourth-order valence-corrected chi connectivity index (χ4v) is 5.42. The maximum Gasteiger partial charge on any atom is 0.408 e. The molecule has 1 unspecified atom stereocenters. The number of phenols is 2. The van der Waals surface area contributed by atoms with Gasteiger partial charge in [-0.15, -0.1) is 0 Å². The number of carbonyl (C=O) groups is 3. The molecule has 0 aliphatic heterocycles. The van der Waals surface area contributed by atoms with E-state index in [9.17, 15) is 24.6 Å². The van der Waals surface area contributed by atoms with E-state index in [4.69, 9.17) is 14.2 Å². The smallest absolute Gasteiger partial charge is 0.408 e. The summed E-state index contributed by atoms with van der Waals surface area (Å²) in [6.45, 7) is 8.79. The topological polar surface area (TPSA) is 155 Å². The third-order valence-electron chi connectivity index (χ3n) is 7.72. The summed E-state index contributed by atoms with van der Waals surface area (Å²) in [4.78, 5) is 40.8. The lowest BCUT2D eigenvalue weighted by Crippen LogP contribution is -2.60. The monoisotopic (exact) mass is 613 g/mol. The van der Waals surface area contributed by atoms with E-state index >= 15 is 0 Å². The van der Waals surface area contributed by atoms with Crippen LogP contribution in [0.4, 0.5) is 4.79 Å². The Morgan fingerprint density at radius 2 is 1.61 bits per heavy atom. The van der Waals surface area contributed by atoms with Crippen LogP contribution in [0.25, 0.3) is 0 Å². The predicted molar refractivity (Wildman–Crippen MR) is 165 cm³/mol. The summed E-state index contributed by atoms with van der Waals surface area (Å²) in [5, 5.41) is 28.4. The van der Waals surface area contributed by atoms with Crippen LogP contribution < -0.4 is 16.0 Å². The lowest BCUT2D eigenvalue weighted by atomic mass is 9.79. The zero-order chi connectivity index (χ0) is 32.7. The summed E-state index contributed by atoms with van der Waals surface area (Å²) >= 11 is 0. The second-order valence-electron chi connectivity index (χ2n) is 12.9. The highest BCUT2D eigenvalue weighted by Gasteiger charge is 2.41. The molecule has 0 saturated carbocycles. The number of phenolic OH excluding ortho intramolecular Hbond substituents is 2. The average Bonchev–Trinajstić information content (AvgIpc) is 2.95. The Hall–Kier alpha value is -3.83. The van der Waals surface area contributed by atoms with Crippen molar-refractivity contribution in [3.05, 3.63) is 59.2 Å². The summed E-state index contributed by atoms with van der Waals surface area (Å²) in [6.07, 6.45) is 1.37. The molecule has 0 spiro atoms. The summed E-state index contributed by atoms with van der Waals surface area (Å²) in [5.41, 5.74) is 1.02. The van der Waals surface area contributed by atoms with Crippen molar-refractivity contribution in [2.24, 2.45) is 5.41 Å². The Morgan fingerprint density at radius 3 is 2.25 bits per heavy atom. The number of rotatable bonds is 12. The number of aryl methyl sites for hydroxylation is 1. The minimum atomic E-state index is -1.18. The van der Waals surface area contributed by atoms with Crippen LogP contribution in [0, 0.1) is 5.41 Å². The van der Waals surface area contributed by atoms with E-state index in [1.165, 1.54) is 38.0 Å². The van der Waals surface area contributed by atoms with Gasteiger partial charge in [-0.1, -0.05) is 44.2 Å². The lowest BCUT2D eigenvalue weighted by Gasteiger charge is -2.38. The molecule has 0 fully saturated rings. The Kier molecular flexibility index (Phi) is 11.6. The summed E-state index contributed by atoms with van der Waals surface area (Å²) in [7, 11) is 3.01. The Morgan fingerprint density at radius 1 is 0.932 bits per heavy atom. The van der Waals surface area contributed by atoms with Gasteiger partial charge in [0.2, 0.25) is 11.8 Å². The Balaban J connectivity index is 1.93. The number of ether oxygens (including phenoxy) is 3. The van der Waals surface area contributed by atoms with E-state index < -0.39 is 41.4 Å². The largest absolute Gasteiger partial charge is 0.504 e. The predicted octanol–water partition coefficient (Wildman–Crippen LogP) is 4.25. The van der Waals surface area contributed by atoms with Crippen LogP contribution in [-0.2, 0) is 36.6 Å². The molecule has 44 heavy (non-hydrogen) atoms. The first kappa shape index (κ1) is 34.7. The highest BCUT2D eigenvalue weighted by atomic mass is 16.7. The molecular formula is C33H47N3O8. The highest BCUT2D eigenvalue weighted by molar-refractivity contribution is 5.92. The summed E-state index contributed by atoms with van der Waals surface area (Å²) < 4.78 is 16.3. The van der Waals surface area contributed by atoms with E-state index in [0.717, 1.165) is 24.8 Å². The molecule has 0 aromatic heterocycles. The Bertz CT molecular complexity index is 1300. The first-order valence-electron chi connectivity index (χ1n) is 14.9. The normalized spacial score (nSPS) is 16.4. The third kappa shape index (κ3) is 9.59. The first-order valence-corrected chi connectivity index (χ1v) is 14.9. The maximum atomic E-state index is 14.1. The van der Waals surface area contributed by atoms with Gasteiger partial charge < -0.3 is 40.4 Å². The molecule has 11 heteroatoms. The number of alkyl carbamates (subject to hydrolysis) is 1. The Labute approximate surface area is 259 Å². The van der Waals surface area contributed by atoms with Crippen molar-refractivity contribution in [2.45, 2.75) is 96.7 Å². The fourth-order valence-electron chi connectivity index (χ4n) is 5.42. The number of hydrogen-bond acceptors (Lipinski definition) is 8. The van der Waals surface area contributed by atoms with Crippen LogP contribution in [0.3, 0.4) is 0 Å². The lowest BCUT2D eigenvalue weighted by molar-refractivity contribution is -0.142. The van der Waals surface area contributed by atoms with Crippen molar-refractivity contribution >= 4 is 17.9 Å². The van der Waals surface area contributed by atoms with Crippen molar-refractivity contribution in [1.29, 1.82) is 0 Å². The number of benzene rings is 2. The number of methoxy groups -OCH3 is 2. The second-order valence-corrected chi connectivity index (χ2v) is 12.9. The molecule has 242 valence electrons. The zero-order valence-electron chi connectivity index (χ0n) is 26.7. The molecule has 0 radical (unpaired) electrons. The van der Waals surface area contributed by atoms with Crippen molar-refractivity contribution in [3.63, 3.8) is 0 Å². The molecule has 3 rings (SSSR count). The van der Waals surface area contributed by atoms with Crippen LogP contribution >= 0.6 is 0 Å². The fraction of sp³-hybridized carbons (Fsp3) is 0.545. The molecule has 1 aliphatic carbocycles. The molecule has 5 N–H and O–H groups in total. The van der Waals surface area contributed by atoms with Crippen LogP contribution in [-0.4, -0.2) is 66.3 Å². The van der Waals surface area contributed by atoms with Gasteiger partial charge in [-0.2, -0.15) is 0 Å². The molecule has 3 atom stereocenters. The van der Waals surface area contributed by atoms with Gasteiger partial charge >= 0.3 is 6.09 Å². The number of nitrogens with one attached hydrogen (secondary N) is 3. The SMILES string of the molecule is COC(CC(C)(C)C(NC(=O)[C@H](Cc1ccc(O)c(O)c1)NC(=O)OC(C)(C)C)C(=O)N[C@@H]1CCCc2ccccc21)OC. The molecule has 2 aromatic carbocycles. The standard InChI is InChI=1S/C33H47N3O8/c1-32(2,3)44-31(41)35-24(17-20-15-16-25(37)26(38)18-20)29(39)36-28(33(4,5)19-27(42-6)43-7)30(40)34-23-14-10-12-21-11-8-9-13-22(21)23/h8-9,11,13,15-16,18,23-24,27-28,37-38H,10,12,14,17,19H2,1-7H3,(H,34,40)(H,35,41)(H,36,39)/t23-,24+,28?/m1/s1. The van der Waals surface area contributed by atoms with Crippen molar-refractivity contribution in [1.82, 2.24) is 16.0 Å². The number of fused-ring (bicyclic) bond motifs is 1. The molecule has 11 nitrogen and oxygen atoms in total. The average molecular weight is 614 g/mol. The van der Waals surface area contributed by atoms with Crippen LogP contribution in [0.1, 0.15) is 76.6 Å². The number of carbonyl (C=O) groups excluding carboxylic acids is 3. The van der Waals surface area contributed by atoms with E-state index in [0.29, 0.717) is 5.56 Å². The van der Waals surface area contributed by atoms with Gasteiger partial charge in [0.05, 0.1) is 6.04 Å². The van der Waals surface area contributed by atoms with Gasteiger partial charge in [-0.05, 0) is 74.3 Å². The summed E-state index contributed by atoms with van der Waals surface area (Å²) in [6, 6.07) is 9.68. The highest BCUT2D eigenvalue weighted by Crippen LogP contribution is 2.33. The minimum absolute atomic E-state index is 0.0531. The van der Waals surface area contributed by atoms with Gasteiger partial charge in [0.25, 0.3) is 0 Å². The van der Waals surface area contributed by atoms with Gasteiger partial charge in [0.1, 0.15) is 17.7 Å². The number of hydrogen-bond donors (Lipinski definition) is 5. The van der Waals surface area contributed by atoms with E-state index in [1.54, 1.807) is 20.8 Å². The third-order valence-corrected chi connectivity index (χ3v) is 7.72. The number of amides is 3. The summed E-state index contributed by atoms with van der Waals surface area (Å²) in [5.74, 6) is -1.69. The van der Waals surface area contributed by atoms with Crippen molar-refractivity contribution in [2.75, 3.05) is 14.2 Å². The van der Waals surface area contributed by atoms with Crippen molar-refractivity contribution < 1.29 is 38.8 Å². The van der Waals surface area contributed by atoms with E-state index in [1.807, 2.05) is 32.0 Å². The van der Waals surface area contributed by atoms with E-state index in [2.05, 4.69) is 22.0 Å².